The van der Waals surface area contributed by atoms with E-state index in [1.165, 1.54) is 6.26 Å². The largest absolute Gasteiger partial charge is 0.381 e. The van der Waals surface area contributed by atoms with E-state index in [0.717, 1.165) is 0 Å². The lowest BCUT2D eigenvalue weighted by atomic mass is 10.1. The molecular formula is C8H17NO3S. The van der Waals surface area contributed by atoms with Crippen molar-refractivity contribution in [2.75, 3.05) is 26.0 Å². The molecule has 1 aliphatic carbocycles. The third-order valence-electron chi connectivity index (χ3n) is 2.63. The van der Waals surface area contributed by atoms with E-state index in [4.69, 9.17) is 10.5 Å². The fraction of sp³-hybridized carbons (Fsp3) is 1.00. The second-order valence-corrected chi connectivity index (χ2v) is 5.95. The molecule has 1 rings (SSSR count). The molecule has 0 spiro atoms. The van der Waals surface area contributed by atoms with Crippen LogP contribution in [0.4, 0.5) is 0 Å². The Morgan fingerprint density at radius 2 is 2.23 bits per heavy atom. The lowest BCUT2D eigenvalue weighted by Gasteiger charge is -2.13. The zero-order chi connectivity index (χ0) is 10.1. The first kappa shape index (κ1) is 10.9. The third-order valence-corrected chi connectivity index (χ3v) is 4.33. The summed E-state index contributed by atoms with van der Waals surface area (Å²) in [5, 5.41) is -0.281. The summed E-state index contributed by atoms with van der Waals surface area (Å²) in [7, 11) is -2.94. The van der Waals surface area contributed by atoms with Crippen molar-refractivity contribution in [3.8, 4) is 0 Å². The van der Waals surface area contributed by atoms with Gasteiger partial charge in [0.1, 0.15) is 0 Å². The van der Waals surface area contributed by atoms with Crippen LogP contribution in [-0.2, 0) is 14.6 Å². The van der Waals surface area contributed by atoms with Crippen LogP contribution in [0.15, 0.2) is 0 Å². The molecule has 0 aromatic heterocycles. The molecule has 2 N–H and O–H groups in total. The fourth-order valence-electron chi connectivity index (χ4n) is 1.65. The highest BCUT2D eigenvalue weighted by atomic mass is 32.2. The van der Waals surface area contributed by atoms with Crippen molar-refractivity contribution in [3.63, 3.8) is 0 Å². The van der Waals surface area contributed by atoms with E-state index < -0.39 is 9.84 Å². The van der Waals surface area contributed by atoms with E-state index in [1.54, 1.807) is 0 Å². The summed E-state index contributed by atoms with van der Waals surface area (Å²) in [6, 6.07) is 0. The van der Waals surface area contributed by atoms with Gasteiger partial charge in [0.25, 0.3) is 0 Å². The average Bonchev–Trinajstić information content (AvgIpc) is 2.76. The van der Waals surface area contributed by atoms with Gasteiger partial charge in [-0.15, -0.1) is 0 Å². The van der Waals surface area contributed by atoms with Gasteiger partial charge in [-0.25, -0.2) is 8.42 Å². The van der Waals surface area contributed by atoms with Crippen LogP contribution in [0.2, 0.25) is 0 Å². The Labute approximate surface area is 79.4 Å². The molecule has 4 nitrogen and oxygen atoms in total. The first-order chi connectivity index (χ1) is 5.96. The lowest BCUT2D eigenvalue weighted by Crippen LogP contribution is -2.28. The van der Waals surface area contributed by atoms with E-state index >= 15 is 0 Å². The van der Waals surface area contributed by atoms with Crippen molar-refractivity contribution in [3.05, 3.63) is 0 Å². The second-order valence-electron chi connectivity index (χ2n) is 3.73. The molecule has 0 radical (unpaired) electrons. The Kier molecular flexibility index (Phi) is 2.99. The molecule has 0 amide bonds. The van der Waals surface area contributed by atoms with Crippen LogP contribution in [0, 0.1) is 5.41 Å². The zero-order valence-corrected chi connectivity index (χ0v) is 8.93. The minimum absolute atomic E-state index is 0.281. The minimum atomic E-state index is -2.94. The van der Waals surface area contributed by atoms with E-state index in [9.17, 15) is 8.42 Å². The molecule has 0 aliphatic heterocycles. The molecule has 1 saturated carbocycles. The number of rotatable bonds is 5. The second kappa shape index (κ2) is 3.55. The molecule has 1 fully saturated rings. The molecule has 13 heavy (non-hydrogen) atoms. The van der Waals surface area contributed by atoms with Gasteiger partial charge in [0, 0.05) is 24.8 Å². The van der Waals surface area contributed by atoms with Crippen LogP contribution in [0.25, 0.3) is 0 Å². The summed E-state index contributed by atoms with van der Waals surface area (Å²) in [4.78, 5) is 0. The van der Waals surface area contributed by atoms with E-state index in [0.29, 0.717) is 26.2 Å². The molecule has 0 heterocycles. The highest BCUT2D eigenvalue weighted by Gasteiger charge is 2.58. The fourth-order valence-corrected chi connectivity index (χ4v) is 3.35. The maximum atomic E-state index is 11.2. The first-order valence-corrected chi connectivity index (χ1v) is 6.38. The van der Waals surface area contributed by atoms with Crippen molar-refractivity contribution in [1.29, 1.82) is 0 Å². The number of sulfone groups is 1. The summed E-state index contributed by atoms with van der Waals surface area (Å²) in [6.07, 6.45) is 1.92. The predicted octanol–water partition coefficient (Wildman–Crippen LogP) is -0.215. The predicted molar refractivity (Wildman–Crippen MR) is 51.2 cm³/mol. The normalized spacial score (nSPS) is 33.3. The van der Waals surface area contributed by atoms with Crippen LogP contribution < -0.4 is 5.73 Å². The average molecular weight is 207 g/mol. The van der Waals surface area contributed by atoms with Crippen molar-refractivity contribution in [1.82, 2.24) is 0 Å². The summed E-state index contributed by atoms with van der Waals surface area (Å²) < 4.78 is 27.7. The lowest BCUT2D eigenvalue weighted by molar-refractivity contribution is 0.104. The molecule has 0 saturated heterocycles. The van der Waals surface area contributed by atoms with Gasteiger partial charge >= 0.3 is 0 Å². The van der Waals surface area contributed by atoms with Crippen LogP contribution in [0.3, 0.4) is 0 Å². The summed E-state index contributed by atoms with van der Waals surface area (Å²) in [5.41, 5.74) is 5.26. The number of ether oxygens (including phenoxy) is 1. The van der Waals surface area contributed by atoms with Gasteiger partial charge in [-0.2, -0.15) is 0 Å². The molecule has 0 aromatic rings. The highest BCUT2D eigenvalue weighted by molar-refractivity contribution is 7.91. The van der Waals surface area contributed by atoms with Gasteiger partial charge in [-0.3, -0.25) is 0 Å². The Bertz CT molecular complexity index is 275. The summed E-state index contributed by atoms with van der Waals surface area (Å²) in [5.74, 6) is 0. The SMILES string of the molecule is CCOC[C@]1(CN)C[C@H]1S(C)(=O)=O. The van der Waals surface area contributed by atoms with Crippen LogP contribution in [0.5, 0.6) is 0 Å². The third kappa shape index (κ3) is 2.21. The van der Waals surface area contributed by atoms with E-state index in [1.807, 2.05) is 6.92 Å². The van der Waals surface area contributed by atoms with Gasteiger partial charge in [-0.1, -0.05) is 0 Å². The maximum absolute atomic E-state index is 11.2. The molecule has 5 heteroatoms. The van der Waals surface area contributed by atoms with Crippen molar-refractivity contribution >= 4 is 9.84 Å². The smallest absolute Gasteiger partial charge is 0.151 e. The molecule has 78 valence electrons. The Balaban J connectivity index is 2.59. The number of hydrogen-bond acceptors (Lipinski definition) is 4. The van der Waals surface area contributed by atoms with Gasteiger partial charge in [-0.05, 0) is 13.3 Å². The maximum Gasteiger partial charge on any atom is 0.151 e. The minimum Gasteiger partial charge on any atom is -0.381 e. The molecule has 1 aliphatic rings. The van der Waals surface area contributed by atoms with Gasteiger partial charge < -0.3 is 10.5 Å². The monoisotopic (exact) mass is 207 g/mol. The van der Waals surface area contributed by atoms with Crippen LogP contribution in [0.1, 0.15) is 13.3 Å². The Hall–Kier alpha value is -0.130. The van der Waals surface area contributed by atoms with Gasteiger partial charge in [0.05, 0.1) is 11.9 Å². The molecule has 2 atom stereocenters. The topological polar surface area (TPSA) is 69.4 Å². The van der Waals surface area contributed by atoms with Gasteiger partial charge in [0.15, 0.2) is 9.84 Å². The zero-order valence-electron chi connectivity index (χ0n) is 8.12. The van der Waals surface area contributed by atoms with Gasteiger partial charge in [0.2, 0.25) is 0 Å². The first-order valence-electron chi connectivity index (χ1n) is 4.43. The summed E-state index contributed by atoms with van der Waals surface area (Å²) >= 11 is 0. The standard InChI is InChI=1S/C8H17NO3S/c1-3-12-6-8(5-9)4-7(8)13(2,10)11/h7H,3-6,9H2,1-2H3/t7-,8-/m1/s1. The quantitative estimate of drug-likeness (QED) is 0.677. The number of hydrogen-bond donors (Lipinski definition) is 1. The van der Waals surface area contributed by atoms with Crippen molar-refractivity contribution in [2.45, 2.75) is 18.6 Å². The number of nitrogens with two attached hydrogens (primary N) is 1. The Morgan fingerprint density at radius 1 is 1.62 bits per heavy atom. The highest BCUT2D eigenvalue weighted by Crippen LogP contribution is 2.49. The molecule has 0 bridgehead atoms. The van der Waals surface area contributed by atoms with Crippen LogP contribution >= 0.6 is 0 Å². The van der Waals surface area contributed by atoms with E-state index in [2.05, 4.69) is 0 Å². The van der Waals surface area contributed by atoms with E-state index in [-0.39, 0.29) is 10.7 Å². The van der Waals surface area contributed by atoms with Crippen molar-refractivity contribution in [2.24, 2.45) is 11.1 Å². The summed E-state index contributed by atoms with van der Waals surface area (Å²) in [6.45, 7) is 3.36. The van der Waals surface area contributed by atoms with Crippen LogP contribution in [-0.4, -0.2) is 39.7 Å². The Morgan fingerprint density at radius 3 is 2.54 bits per heavy atom. The molecule has 0 unspecified atom stereocenters. The molecule has 0 aromatic carbocycles. The molecular weight excluding hydrogens is 190 g/mol. The van der Waals surface area contributed by atoms with Crippen molar-refractivity contribution < 1.29 is 13.2 Å².